The summed E-state index contributed by atoms with van der Waals surface area (Å²) >= 11 is 0. The first-order chi connectivity index (χ1) is 43.0. The van der Waals surface area contributed by atoms with Crippen molar-refractivity contribution in [1.82, 2.24) is 21.3 Å². The van der Waals surface area contributed by atoms with Crippen LogP contribution in [0.5, 0.6) is 11.5 Å². The van der Waals surface area contributed by atoms with Crippen LogP contribution in [0.1, 0.15) is 169 Å². The molecule has 0 saturated carbocycles. The van der Waals surface area contributed by atoms with Gasteiger partial charge in [0.2, 0.25) is 0 Å². The molecule has 0 radical (unpaired) electrons. The third kappa shape index (κ3) is 17.7. The quantitative estimate of drug-likeness (QED) is 0.0811. The zero-order valence-electron chi connectivity index (χ0n) is 52.4. The van der Waals surface area contributed by atoms with Gasteiger partial charge in [-0.25, -0.2) is 16.8 Å². The van der Waals surface area contributed by atoms with Crippen LogP contribution < -0.4 is 30.7 Å². The summed E-state index contributed by atoms with van der Waals surface area (Å²) in [5, 5.41) is 12.4. The average Bonchev–Trinajstić information content (AvgIpc) is 2.28. The topological polar surface area (TPSA) is 203 Å². The molecule has 0 unspecified atom stereocenters. The summed E-state index contributed by atoms with van der Waals surface area (Å²) in [6.07, 6.45) is 10.2. The van der Waals surface area contributed by atoms with Crippen LogP contribution in [0.25, 0.3) is 0 Å². The lowest BCUT2D eigenvalue weighted by Gasteiger charge is -2.14. The Morgan fingerprint density at radius 3 is 0.789 bits per heavy atom. The van der Waals surface area contributed by atoms with Crippen LogP contribution in [-0.4, -0.2) is 67.2 Å². The van der Waals surface area contributed by atoms with E-state index >= 15 is 0 Å². The molecule has 4 atom stereocenters. The van der Waals surface area contributed by atoms with Crippen LogP contribution in [0, 0.1) is 27.7 Å². The first-order valence-electron chi connectivity index (χ1n) is 30.4. The van der Waals surface area contributed by atoms with E-state index in [1.54, 1.807) is 111 Å². The molecule has 14 nitrogen and oxygen atoms in total. The van der Waals surface area contributed by atoms with Crippen LogP contribution in [0.3, 0.4) is 0 Å². The molecular formula is C74H80N4O10S2. The number of sulfone groups is 2. The maximum Gasteiger partial charge on any atom is 0.251 e. The molecule has 90 heavy (non-hydrogen) atoms. The monoisotopic (exact) mass is 1250 g/mol. The van der Waals surface area contributed by atoms with Gasteiger partial charge in [0, 0.05) is 34.8 Å². The number of carbonyl (C=O) groups excluding carboxylic acids is 4. The highest BCUT2D eigenvalue weighted by molar-refractivity contribution is 7.90. The summed E-state index contributed by atoms with van der Waals surface area (Å²) < 4.78 is 55.5. The van der Waals surface area contributed by atoms with E-state index in [0.29, 0.717) is 33.4 Å². The first-order valence-corrected chi connectivity index (χ1v) is 34.5. The Labute approximate surface area is 530 Å². The maximum absolute atomic E-state index is 12.4. The van der Waals surface area contributed by atoms with Gasteiger partial charge >= 0.3 is 0 Å². The summed E-state index contributed by atoms with van der Waals surface area (Å²) in [4.78, 5) is 49.5. The number of rotatable bonds is 14. The number of nitrogens with one attached hydrogen (secondary N) is 4. The zero-order valence-corrected chi connectivity index (χ0v) is 54.1. The number of hydrogen-bond acceptors (Lipinski definition) is 10. The molecular weight excluding hydrogens is 1170 g/mol. The lowest BCUT2D eigenvalue weighted by atomic mass is 10.0. The molecule has 4 aliphatic rings. The SMILES string of the molecule is COc1ccc(C(=O)N[C@@H]2CCc3cc(C)ccc32)cc1.COc1ccc(C(=O)N[C@H]2CCc3cc(C)ccc32)cc1.Cc1ccc2c(c1)CC[C@@H]2NC(=O)c1ccc(CS(C)(=O)=O)cc1.Cc1ccc2c(c1)CC[C@H]2NC(=O)c1ccc(CS(C)(=O)=O)cc1. The van der Waals surface area contributed by atoms with E-state index in [-0.39, 0.29) is 59.3 Å². The molecule has 0 fully saturated rings. The summed E-state index contributed by atoms with van der Waals surface area (Å²) in [6.45, 7) is 8.35. The Bertz CT molecular complexity index is 3860. The van der Waals surface area contributed by atoms with Crippen molar-refractivity contribution in [2.45, 2.75) is 115 Å². The van der Waals surface area contributed by atoms with Gasteiger partial charge in [-0.05, 0) is 207 Å². The summed E-state index contributed by atoms with van der Waals surface area (Å²) in [5.41, 5.74) is 19.1. The van der Waals surface area contributed by atoms with Gasteiger partial charge in [0.15, 0.2) is 19.7 Å². The zero-order chi connectivity index (χ0) is 64.3. The van der Waals surface area contributed by atoms with Crippen LogP contribution in [0.4, 0.5) is 0 Å². The third-order valence-corrected chi connectivity index (χ3v) is 18.4. The summed E-state index contributed by atoms with van der Waals surface area (Å²) in [7, 11) is -2.90. The Morgan fingerprint density at radius 1 is 0.356 bits per heavy atom. The molecule has 468 valence electrons. The average molecular weight is 1250 g/mol. The molecule has 0 saturated heterocycles. The van der Waals surface area contributed by atoms with Gasteiger partial charge in [-0.15, -0.1) is 0 Å². The van der Waals surface area contributed by atoms with E-state index in [9.17, 15) is 36.0 Å². The highest BCUT2D eigenvalue weighted by atomic mass is 32.2. The van der Waals surface area contributed by atoms with E-state index < -0.39 is 19.7 Å². The second kappa shape index (κ2) is 29.2. The van der Waals surface area contributed by atoms with E-state index in [1.807, 2.05) is 0 Å². The number of methoxy groups -OCH3 is 2. The normalized spacial score (nSPS) is 16.5. The van der Waals surface area contributed by atoms with Crippen LogP contribution in [-0.2, 0) is 56.9 Å². The van der Waals surface area contributed by atoms with Gasteiger partial charge in [0.25, 0.3) is 23.6 Å². The second-order valence-corrected chi connectivity index (χ2v) is 28.3. The van der Waals surface area contributed by atoms with Gasteiger partial charge in [0.1, 0.15) is 11.5 Å². The Morgan fingerprint density at radius 2 is 0.578 bits per heavy atom. The van der Waals surface area contributed by atoms with E-state index in [4.69, 9.17) is 9.47 Å². The molecule has 16 heteroatoms. The van der Waals surface area contributed by atoms with Crippen molar-refractivity contribution in [3.63, 3.8) is 0 Å². The highest BCUT2D eigenvalue weighted by Crippen LogP contribution is 2.36. The fourth-order valence-corrected chi connectivity index (χ4v) is 13.7. The molecule has 4 N–H and O–H groups in total. The second-order valence-electron chi connectivity index (χ2n) is 24.1. The van der Waals surface area contributed by atoms with Crippen molar-refractivity contribution in [2.75, 3.05) is 26.7 Å². The van der Waals surface area contributed by atoms with Crippen molar-refractivity contribution in [3.05, 3.63) is 270 Å². The highest BCUT2D eigenvalue weighted by Gasteiger charge is 2.28. The standard InChI is InChI=1S/2C19H21NO3S.2C18H19NO2/c2*1-13-3-9-17-16(11-13)8-10-18(17)20-19(21)15-6-4-14(5-7-15)12-24(2,22)23;2*1-12-3-9-16-14(11-12)6-10-17(16)19-18(20)13-4-7-15(21-2)8-5-13/h2*3-7,9,11,18H,8,10,12H2,1-2H3,(H,20,21);2*3-5,7-9,11,17H,6,10H2,1-2H3,(H,19,20)/t2*18-;2*17-/m1010/s1. The summed E-state index contributed by atoms with van der Waals surface area (Å²) in [6, 6.07) is 53.9. The van der Waals surface area contributed by atoms with Crippen LogP contribution in [0.15, 0.2) is 170 Å². The lowest BCUT2D eigenvalue weighted by molar-refractivity contribution is 0.0928. The molecule has 4 amide bonds. The van der Waals surface area contributed by atoms with Gasteiger partial charge < -0.3 is 30.7 Å². The number of amides is 4. The summed E-state index contributed by atoms with van der Waals surface area (Å²) in [5.74, 6) is 1.18. The number of ether oxygens (including phenoxy) is 2. The number of hydrogen-bond donors (Lipinski definition) is 4. The minimum absolute atomic E-state index is 0.00967. The van der Waals surface area contributed by atoms with Gasteiger partial charge in [-0.3, -0.25) is 19.2 Å². The van der Waals surface area contributed by atoms with Crippen LogP contribution in [0.2, 0.25) is 0 Å². The van der Waals surface area contributed by atoms with Gasteiger partial charge in [0.05, 0.1) is 49.9 Å². The molecule has 4 aliphatic carbocycles. The molecule has 0 bridgehead atoms. The van der Waals surface area contributed by atoms with Gasteiger partial charge in [-0.1, -0.05) is 119 Å². The largest absolute Gasteiger partial charge is 0.497 e. The van der Waals surface area contributed by atoms with Crippen molar-refractivity contribution < 1.29 is 45.5 Å². The van der Waals surface area contributed by atoms with E-state index in [0.717, 1.165) is 62.9 Å². The number of fused-ring (bicyclic) bond motifs is 4. The molecule has 12 rings (SSSR count). The van der Waals surface area contributed by atoms with E-state index in [1.165, 1.54) is 79.3 Å². The predicted octanol–water partition coefficient (Wildman–Crippen LogP) is 12.8. The molecule has 0 spiro atoms. The van der Waals surface area contributed by atoms with Crippen molar-refractivity contribution in [3.8, 4) is 11.5 Å². The van der Waals surface area contributed by atoms with E-state index in [2.05, 4.69) is 122 Å². The molecule has 0 heterocycles. The fourth-order valence-electron chi connectivity index (χ4n) is 12.1. The minimum Gasteiger partial charge on any atom is -0.497 e. The number of benzene rings is 8. The van der Waals surface area contributed by atoms with Crippen molar-refractivity contribution in [1.29, 1.82) is 0 Å². The maximum atomic E-state index is 12.4. The number of carbonyl (C=O) groups is 4. The number of aryl methyl sites for hydroxylation is 8. The van der Waals surface area contributed by atoms with Crippen molar-refractivity contribution in [2.24, 2.45) is 0 Å². The minimum atomic E-state index is -3.07. The fraction of sp³-hybridized carbons (Fsp3) is 0.297. The molecule has 0 aliphatic heterocycles. The smallest absolute Gasteiger partial charge is 0.251 e. The predicted molar refractivity (Wildman–Crippen MR) is 355 cm³/mol. The Kier molecular flexibility index (Phi) is 21.3. The molecule has 8 aromatic carbocycles. The lowest BCUT2D eigenvalue weighted by Crippen LogP contribution is -2.27. The Balaban J connectivity index is 0.000000143. The Hall–Kier alpha value is -8.86. The molecule has 0 aromatic heterocycles. The molecule has 8 aromatic rings. The van der Waals surface area contributed by atoms with Gasteiger partial charge in [-0.2, -0.15) is 0 Å². The third-order valence-electron chi connectivity index (χ3n) is 16.7. The van der Waals surface area contributed by atoms with Crippen molar-refractivity contribution >= 4 is 43.3 Å². The van der Waals surface area contributed by atoms with Crippen LogP contribution >= 0.6 is 0 Å². The first kappa shape index (κ1) is 65.6.